The van der Waals surface area contributed by atoms with Crippen molar-refractivity contribution in [3.8, 4) is 11.5 Å². The maximum atomic E-state index is 13.0. The van der Waals surface area contributed by atoms with Crippen LogP contribution < -0.4 is 5.32 Å². The molecular weight excluding hydrogens is 392 g/mol. The molecule has 29 heavy (non-hydrogen) atoms. The topological polar surface area (TPSA) is 108 Å². The minimum atomic E-state index is -3.79. The van der Waals surface area contributed by atoms with Gasteiger partial charge in [0, 0.05) is 25.3 Å². The minimum Gasteiger partial charge on any atom is -0.442 e. The molecule has 2 aliphatic rings. The molecule has 2 N–H and O–H groups in total. The van der Waals surface area contributed by atoms with Crippen molar-refractivity contribution in [1.82, 2.24) is 19.8 Å². The van der Waals surface area contributed by atoms with Gasteiger partial charge in [-0.15, -0.1) is 0 Å². The number of hydrogen-bond acceptors (Lipinski definition) is 5. The molecule has 0 unspecified atom stereocenters. The Bertz CT molecular complexity index is 914. The summed E-state index contributed by atoms with van der Waals surface area (Å²) in [7, 11) is -3.79. The number of nitrogens with one attached hydrogen (secondary N) is 2. The number of hydrogen-bond donors (Lipinski definition) is 2. The molecule has 9 heteroatoms. The van der Waals surface area contributed by atoms with Gasteiger partial charge in [0.15, 0.2) is 5.76 Å². The Morgan fingerprint density at radius 1 is 1.10 bits per heavy atom. The van der Waals surface area contributed by atoms with E-state index in [1.165, 1.54) is 23.2 Å². The van der Waals surface area contributed by atoms with Gasteiger partial charge in [0.05, 0.1) is 5.92 Å². The molecule has 1 amide bonds. The number of H-pyrrole nitrogens is 1. The number of rotatable bonds is 5. The van der Waals surface area contributed by atoms with E-state index in [1.54, 1.807) is 18.3 Å². The molecule has 0 spiro atoms. The second kappa shape index (κ2) is 8.71. The van der Waals surface area contributed by atoms with Crippen LogP contribution in [0.5, 0.6) is 0 Å². The average molecular weight is 421 g/mol. The summed E-state index contributed by atoms with van der Waals surface area (Å²) in [5.74, 6) is 0.0824. The van der Waals surface area contributed by atoms with Crippen molar-refractivity contribution in [3.05, 3.63) is 24.4 Å². The molecule has 1 saturated carbocycles. The second-order valence-corrected chi connectivity index (χ2v) is 9.86. The fourth-order valence-electron chi connectivity index (χ4n) is 4.24. The van der Waals surface area contributed by atoms with Gasteiger partial charge in [-0.25, -0.2) is 8.42 Å². The van der Waals surface area contributed by atoms with Gasteiger partial charge >= 0.3 is 0 Å². The highest BCUT2D eigenvalue weighted by molar-refractivity contribution is 7.89. The van der Waals surface area contributed by atoms with Crippen molar-refractivity contribution in [3.63, 3.8) is 0 Å². The number of aromatic amines is 1. The molecule has 2 fully saturated rings. The van der Waals surface area contributed by atoms with Crippen molar-refractivity contribution in [1.29, 1.82) is 0 Å². The van der Waals surface area contributed by atoms with Gasteiger partial charge in [0.25, 0.3) is 10.0 Å². The van der Waals surface area contributed by atoms with E-state index in [1.807, 2.05) is 0 Å². The van der Waals surface area contributed by atoms with E-state index in [-0.39, 0.29) is 29.5 Å². The van der Waals surface area contributed by atoms with E-state index < -0.39 is 10.0 Å². The van der Waals surface area contributed by atoms with Crippen LogP contribution in [0.4, 0.5) is 0 Å². The zero-order chi connectivity index (χ0) is 20.3. The Hall–Kier alpha value is -2.13. The molecule has 2 aromatic heterocycles. The first-order valence-electron chi connectivity index (χ1n) is 10.4. The van der Waals surface area contributed by atoms with Crippen LogP contribution in [0.15, 0.2) is 33.9 Å². The lowest BCUT2D eigenvalue weighted by Gasteiger charge is -2.31. The molecule has 1 aliphatic heterocycles. The predicted octanol–water partition coefficient (Wildman–Crippen LogP) is 2.91. The van der Waals surface area contributed by atoms with Gasteiger partial charge in [-0.05, 0) is 43.9 Å². The lowest BCUT2D eigenvalue weighted by Crippen LogP contribution is -2.47. The highest BCUT2D eigenvalue weighted by Crippen LogP contribution is 2.28. The van der Waals surface area contributed by atoms with E-state index in [9.17, 15) is 13.2 Å². The van der Waals surface area contributed by atoms with Crippen LogP contribution in [0.25, 0.3) is 11.5 Å². The predicted molar refractivity (Wildman–Crippen MR) is 107 cm³/mol. The number of nitrogens with zero attached hydrogens (tertiary/aromatic N) is 2. The van der Waals surface area contributed by atoms with E-state index in [4.69, 9.17) is 4.42 Å². The van der Waals surface area contributed by atoms with E-state index in [2.05, 4.69) is 15.5 Å². The van der Waals surface area contributed by atoms with Crippen LogP contribution in [0.3, 0.4) is 0 Å². The molecule has 0 bridgehead atoms. The number of carbonyl (C=O) groups excluding carboxylic acids is 1. The third-order valence-electron chi connectivity index (χ3n) is 5.90. The summed E-state index contributed by atoms with van der Waals surface area (Å²) in [6.07, 6.45) is 9.73. The number of aromatic nitrogens is 2. The van der Waals surface area contributed by atoms with Gasteiger partial charge in [0.2, 0.25) is 11.0 Å². The number of furan rings is 1. The van der Waals surface area contributed by atoms with Crippen LogP contribution in [0.1, 0.15) is 51.4 Å². The molecule has 2 aromatic rings. The van der Waals surface area contributed by atoms with Crippen molar-refractivity contribution in [2.45, 2.75) is 62.5 Å². The van der Waals surface area contributed by atoms with E-state index >= 15 is 0 Å². The monoisotopic (exact) mass is 420 g/mol. The first-order valence-corrected chi connectivity index (χ1v) is 11.9. The van der Waals surface area contributed by atoms with Gasteiger partial charge < -0.3 is 9.73 Å². The summed E-state index contributed by atoms with van der Waals surface area (Å²) in [5.41, 5.74) is 0.616. The Morgan fingerprint density at radius 3 is 2.62 bits per heavy atom. The molecule has 3 heterocycles. The normalized spacial score (nSPS) is 22.3. The third-order valence-corrected chi connectivity index (χ3v) is 7.64. The smallest absolute Gasteiger partial charge is 0.276 e. The standard InChI is InChI=1S/C20H28N4O4S/c25-20(22-16-7-3-1-2-4-8-16)15-6-5-13-24(14-15)29(26,27)19-10-9-18(28-19)17-11-12-21-23-17/h9-12,15-16H,1-8,13-14H2,(H,21,23)(H,22,25)/t15-/m0/s1. The van der Waals surface area contributed by atoms with Gasteiger partial charge in [-0.2, -0.15) is 9.40 Å². The van der Waals surface area contributed by atoms with Gasteiger partial charge in [-0.3, -0.25) is 9.89 Å². The molecular formula is C20H28N4O4S. The summed E-state index contributed by atoms with van der Waals surface area (Å²) in [6.45, 7) is 0.594. The molecule has 0 radical (unpaired) electrons. The highest BCUT2D eigenvalue weighted by atomic mass is 32.2. The number of amides is 1. The Labute approximate surface area is 171 Å². The Kier molecular flexibility index (Phi) is 6.05. The first kappa shape index (κ1) is 20.2. The molecule has 1 aliphatic carbocycles. The fourth-order valence-corrected chi connectivity index (χ4v) is 5.68. The van der Waals surface area contributed by atoms with Crippen LogP contribution in [0, 0.1) is 5.92 Å². The fraction of sp³-hybridized carbons (Fsp3) is 0.600. The van der Waals surface area contributed by atoms with Crippen molar-refractivity contribution < 1.29 is 17.6 Å². The minimum absolute atomic E-state index is 0.0191. The average Bonchev–Trinajstić information content (AvgIpc) is 3.37. The Morgan fingerprint density at radius 2 is 1.90 bits per heavy atom. The number of sulfonamides is 1. The van der Waals surface area contributed by atoms with Crippen LogP contribution in [-0.2, 0) is 14.8 Å². The quantitative estimate of drug-likeness (QED) is 0.723. The van der Waals surface area contributed by atoms with Gasteiger partial charge in [-0.1, -0.05) is 25.7 Å². The zero-order valence-corrected chi connectivity index (χ0v) is 17.3. The molecule has 4 rings (SSSR count). The molecule has 1 saturated heterocycles. The Balaban J connectivity index is 1.42. The lowest BCUT2D eigenvalue weighted by molar-refractivity contribution is -0.126. The van der Waals surface area contributed by atoms with Crippen LogP contribution >= 0.6 is 0 Å². The molecule has 158 valence electrons. The molecule has 8 nitrogen and oxygen atoms in total. The second-order valence-electron chi connectivity index (χ2n) is 7.99. The maximum absolute atomic E-state index is 13.0. The zero-order valence-electron chi connectivity index (χ0n) is 16.5. The third kappa shape index (κ3) is 4.56. The number of carbonyl (C=O) groups is 1. The molecule has 1 atom stereocenters. The maximum Gasteiger partial charge on any atom is 0.276 e. The van der Waals surface area contributed by atoms with Crippen molar-refractivity contribution >= 4 is 15.9 Å². The summed E-state index contributed by atoms with van der Waals surface area (Å²) in [6, 6.07) is 5.00. The summed E-state index contributed by atoms with van der Waals surface area (Å²) >= 11 is 0. The van der Waals surface area contributed by atoms with Crippen molar-refractivity contribution in [2.24, 2.45) is 5.92 Å². The SMILES string of the molecule is O=C(NC1CCCCCC1)[C@H]1CCCN(S(=O)(=O)c2ccc(-c3ccn[nH]3)o2)C1. The highest BCUT2D eigenvalue weighted by Gasteiger charge is 2.35. The number of piperidine rings is 1. The van der Waals surface area contributed by atoms with Crippen molar-refractivity contribution in [2.75, 3.05) is 13.1 Å². The summed E-state index contributed by atoms with van der Waals surface area (Å²) in [5, 5.41) is 9.67. The van der Waals surface area contributed by atoms with Crippen LogP contribution in [0.2, 0.25) is 0 Å². The largest absolute Gasteiger partial charge is 0.442 e. The summed E-state index contributed by atoms with van der Waals surface area (Å²) < 4.78 is 33.1. The van der Waals surface area contributed by atoms with E-state index in [0.717, 1.165) is 25.7 Å². The molecule has 0 aromatic carbocycles. The summed E-state index contributed by atoms with van der Waals surface area (Å²) in [4.78, 5) is 12.8. The lowest BCUT2D eigenvalue weighted by atomic mass is 9.97. The van der Waals surface area contributed by atoms with Gasteiger partial charge in [0.1, 0.15) is 5.69 Å². The van der Waals surface area contributed by atoms with Crippen LogP contribution in [-0.4, -0.2) is 48.0 Å². The van der Waals surface area contributed by atoms with E-state index in [0.29, 0.717) is 30.8 Å². The first-order chi connectivity index (χ1) is 14.0.